The van der Waals surface area contributed by atoms with Crippen molar-refractivity contribution in [3.8, 4) is 0 Å². The van der Waals surface area contributed by atoms with E-state index in [2.05, 4.69) is 5.32 Å². The van der Waals surface area contributed by atoms with Crippen LogP contribution in [-0.4, -0.2) is 17.6 Å². The highest BCUT2D eigenvalue weighted by Crippen LogP contribution is 2.33. The van der Waals surface area contributed by atoms with Gasteiger partial charge in [0.1, 0.15) is 0 Å². The topological polar surface area (TPSA) is 75.3 Å². The zero-order chi connectivity index (χ0) is 13.1. The number of nitrogen functional groups attached to an aromatic ring is 1. The Bertz CT molecular complexity index is 453. The molecule has 4 heteroatoms. The highest BCUT2D eigenvalue weighted by atomic mass is 16.4. The fourth-order valence-electron chi connectivity index (χ4n) is 2.22. The van der Waals surface area contributed by atoms with E-state index in [0.717, 1.165) is 23.7 Å². The van der Waals surface area contributed by atoms with Crippen molar-refractivity contribution < 1.29 is 9.90 Å². The second kappa shape index (κ2) is 5.29. The summed E-state index contributed by atoms with van der Waals surface area (Å²) in [5, 5.41) is 12.4. The van der Waals surface area contributed by atoms with Gasteiger partial charge in [-0.3, -0.25) is 0 Å². The van der Waals surface area contributed by atoms with Gasteiger partial charge in [0, 0.05) is 6.54 Å². The molecule has 1 aliphatic carbocycles. The van der Waals surface area contributed by atoms with Crippen LogP contribution in [0.2, 0.25) is 0 Å². The van der Waals surface area contributed by atoms with E-state index in [4.69, 9.17) is 10.8 Å². The van der Waals surface area contributed by atoms with E-state index in [0.29, 0.717) is 17.7 Å². The van der Waals surface area contributed by atoms with E-state index in [1.807, 2.05) is 6.92 Å². The summed E-state index contributed by atoms with van der Waals surface area (Å²) in [5.41, 5.74) is 8.50. The molecular formula is C14H20N2O2. The van der Waals surface area contributed by atoms with Crippen LogP contribution in [0, 0.1) is 5.92 Å². The first-order chi connectivity index (χ1) is 8.63. The number of rotatable bonds is 6. The van der Waals surface area contributed by atoms with Gasteiger partial charge in [-0.05, 0) is 36.5 Å². The predicted molar refractivity (Wildman–Crippen MR) is 73.0 cm³/mol. The maximum atomic E-state index is 11.1. The summed E-state index contributed by atoms with van der Waals surface area (Å²) in [4.78, 5) is 11.1. The molecule has 2 rings (SSSR count). The number of hydrogen-bond donors (Lipinski definition) is 3. The van der Waals surface area contributed by atoms with Gasteiger partial charge in [0.2, 0.25) is 0 Å². The molecule has 1 fully saturated rings. The van der Waals surface area contributed by atoms with Gasteiger partial charge in [-0.15, -0.1) is 0 Å². The van der Waals surface area contributed by atoms with Crippen LogP contribution in [0.15, 0.2) is 12.1 Å². The van der Waals surface area contributed by atoms with Crippen LogP contribution >= 0.6 is 0 Å². The van der Waals surface area contributed by atoms with E-state index >= 15 is 0 Å². The molecule has 0 aliphatic heterocycles. The monoisotopic (exact) mass is 248 g/mol. The number of aromatic carboxylic acids is 1. The van der Waals surface area contributed by atoms with Gasteiger partial charge in [0.05, 0.1) is 16.9 Å². The average Bonchev–Trinajstić information content (AvgIpc) is 3.14. The van der Waals surface area contributed by atoms with Crippen LogP contribution in [0.25, 0.3) is 0 Å². The third-order valence-corrected chi connectivity index (χ3v) is 3.51. The summed E-state index contributed by atoms with van der Waals surface area (Å²) in [6.07, 6.45) is 4.48. The smallest absolute Gasteiger partial charge is 0.336 e. The molecule has 1 saturated carbocycles. The van der Waals surface area contributed by atoms with Gasteiger partial charge < -0.3 is 16.2 Å². The Balaban J connectivity index is 2.12. The summed E-state index contributed by atoms with van der Waals surface area (Å²) >= 11 is 0. The first-order valence-corrected chi connectivity index (χ1v) is 6.52. The molecular weight excluding hydrogens is 228 g/mol. The summed E-state index contributed by atoms with van der Waals surface area (Å²) in [6.45, 7) is 2.83. The third-order valence-electron chi connectivity index (χ3n) is 3.51. The van der Waals surface area contributed by atoms with Gasteiger partial charge in [0.15, 0.2) is 0 Å². The molecule has 0 aromatic heterocycles. The van der Waals surface area contributed by atoms with Gasteiger partial charge in [-0.2, -0.15) is 0 Å². The Morgan fingerprint density at radius 3 is 2.78 bits per heavy atom. The van der Waals surface area contributed by atoms with E-state index in [1.165, 1.54) is 19.3 Å². The molecule has 1 aromatic carbocycles. The Morgan fingerprint density at radius 1 is 1.50 bits per heavy atom. The molecule has 4 nitrogen and oxygen atoms in total. The lowest BCUT2D eigenvalue weighted by Crippen LogP contribution is -2.10. The number of hydrogen-bond acceptors (Lipinski definition) is 3. The molecule has 0 radical (unpaired) electrons. The van der Waals surface area contributed by atoms with Gasteiger partial charge in [-0.25, -0.2) is 4.79 Å². The second-order valence-corrected chi connectivity index (χ2v) is 4.87. The molecule has 1 aliphatic rings. The van der Waals surface area contributed by atoms with Crippen molar-refractivity contribution in [1.82, 2.24) is 0 Å². The number of carboxylic acids is 1. The summed E-state index contributed by atoms with van der Waals surface area (Å²) < 4.78 is 0. The normalized spacial score (nSPS) is 14.5. The second-order valence-electron chi connectivity index (χ2n) is 4.87. The zero-order valence-electron chi connectivity index (χ0n) is 10.7. The van der Waals surface area contributed by atoms with Crippen molar-refractivity contribution >= 4 is 17.3 Å². The number of carbonyl (C=O) groups is 1. The minimum absolute atomic E-state index is 0.308. The van der Waals surface area contributed by atoms with Crippen LogP contribution in [0.3, 0.4) is 0 Å². The van der Waals surface area contributed by atoms with Gasteiger partial charge >= 0.3 is 5.97 Å². The molecule has 0 atom stereocenters. The average molecular weight is 248 g/mol. The number of anilines is 2. The number of carboxylic acid groups (broad SMARTS) is 1. The van der Waals surface area contributed by atoms with Crippen LogP contribution in [-0.2, 0) is 6.42 Å². The van der Waals surface area contributed by atoms with Crippen molar-refractivity contribution in [1.29, 1.82) is 0 Å². The van der Waals surface area contributed by atoms with Crippen LogP contribution in [0.5, 0.6) is 0 Å². The summed E-state index contributed by atoms with van der Waals surface area (Å²) in [7, 11) is 0. The molecule has 0 heterocycles. The molecule has 18 heavy (non-hydrogen) atoms. The highest BCUT2D eigenvalue weighted by molar-refractivity contribution is 5.93. The Morgan fingerprint density at radius 2 is 2.22 bits per heavy atom. The lowest BCUT2D eigenvalue weighted by molar-refractivity contribution is 0.0696. The van der Waals surface area contributed by atoms with E-state index in [9.17, 15) is 4.79 Å². The quantitative estimate of drug-likeness (QED) is 0.677. The third kappa shape index (κ3) is 2.75. The van der Waals surface area contributed by atoms with Crippen molar-refractivity contribution in [2.75, 3.05) is 17.6 Å². The number of nitrogens with two attached hydrogens (primary N) is 1. The molecule has 1 aromatic rings. The lowest BCUT2D eigenvalue weighted by Gasteiger charge is -2.14. The highest BCUT2D eigenvalue weighted by Gasteiger charge is 2.20. The standard InChI is InChI=1S/C14H20N2O2/c1-2-10-11(14(17)18)5-6-12(13(10)15)16-8-7-9-3-4-9/h5-6,9,16H,2-4,7-8,15H2,1H3,(H,17,18). The maximum absolute atomic E-state index is 11.1. The van der Waals surface area contributed by atoms with Crippen LogP contribution in [0.4, 0.5) is 11.4 Å². The number of nitrogens with one attached hydrogen (secondary N) is 1. The minimum Gasteiger partial charge on any atom is -0.478 e. The SMILES string of the molecule is CCc1c(C(=O)O)ccc(NCCC2CC2)c1N. The van der Waals surface area contributed by atoms with E-state index in [-0.39, 0.29) is 0 Å². The Hall–Kier alpha value is -1.71. The molecule has 0 saturated heterocycles. The number of benzene rings is 1. The summed E-state index contributed by atoms with van der Waals surface area (Å²) in [6, 6.07) is 3.40. The van der Waals surface area contributed by atoms with E-state index in [1.54, 1.807) is 12.1 Å². The summed E-state index contributed by atoms with van der Waals surface area (Å²) in [5.74, 6) is -0.0363. The lowest BCUT2D eigenvalue weighted by atomic mass is 10.0. The maximum Gasteiger partial charge on any atom is 0.336 e. The van der Waals surface area contributed by atoms with Crippen LogP contribution in [0.1, 0.15) is 42.1 Å². The molecule has 0 bridgehead atoms. The van der Waals surface area contributed by atoms with Crippen LogP contribution < -0.4 is 11.1 Å². The Labute approximate surface area is 107 Å². The zero-order valence-corrected chi connectivity index (χ0v) is 10.7. The molecule has 0 spiro atoms. The van der Waals surface area contributed by atoms with Crippen molar-refractivity contribution in [3.63, 3.8) is 0 Å². The van der Waals surface area contributed by atoms with Crippen molar-refractivity contribution in [2.24, 2.45) is 5.92 Å². The fourth-order valence-corrected chi connectivity index (χ4v) is 2.22. The van der Waals surface area contributed by atoms with Crippen molar-refractivity contribution in [3.05, 3.63) is 23.3 Å². The minimum atomic E-state index is -0.914. The van der Waals surface area contributed by atoms with Crippen molar-refractivity contribution in [2.45, 2.75) is 32.6 Å². The fraction of sp³-hybridized carbons (Fsp3) is 0.500. The van der Waals surface area contributed by atoms with E-state index < -0.39 is 5.97 Å². The molecule has 0 unspecified atom stereocenters. The first-order valence-electron chi connectivity index (χ1n) is 6.52. The molecule has 98 valence electrons. The predicted octanol–water partition coefficient (Wildman–Crippen LogP) is 2.74. The molecule has 4 N–H and O–H groups in total. The largest absolute Gasteiger partial charge is 0.478 e. The Kier molecular flexibility index (Phi) is 3.75. The van der Waals surface area contributed by atoms with Gasteiger partial charge in [-0.1, -0.05) is 19.8 Å². The van der Waals surface area contributed by atoms with Gasteiger partial charge in [0.25, 0.3) is 0 Å². The molecule has 0 amide bonds. The first kappa shape index (κ1) is 12.7.